The number of rotatable bonds is 4. The minimum absolute atomic E-state index is 0.0160. The van der Waals surface area contributed by atoms with Gasteiger partial charge >= 0.3 is 0 Å². The Morgan fingerprint density at radius 3 is 2.74 bits per heavy atom. The van der Waals surface area contributed by atoms with Gasteiger partial charge in [0, 0.05) is 18.1 Å². The lowest BCUT2D eigenvalue weighted by molar-refractivity contribution is 0.895. The molecule has 3 N–H and O–H groups in total. The predicted molar refractivity (Wildman–Crippen MR) is 81.5 cm³/mol. The molecular weight excluding hydrogens is 304 g/mol. The van der Waals surface area contributed by atoms with Gasteiger partial charge in [-0.1, -0.05) is 34.1 Å². The molecule has 0 spiro atoms. The van der Waals surface area contributed by atoms with Gasteiger partial charge in [0.2, 0.25) is 0 Å². The SMILES string of the molecule is CN(Cc1cccc(Br)c1)c1cccc(C(=N)N)n1. The number of hydrogen-bond acceptors (Lipinski definition) is 3. The molecule has 0 bridgehead atoms. The summed E-state index contributed by atoms with van der Waals surface area (Å²) in [7, 11) is 1.97. The molecule has 0 saturated carbocycles. The van der Waals surface area contributed by atoms with E-state index in [1.807, 2.05) is 36.2 Å². The lowest BCUT2D eigenvalue weighted by Crippen LogP contribution is -2.20. The molecule has 1 heterocycles. The van der Waals surface area contributed by atoms with Crippen molar-refractivity contribution in [2.24, 2.45) is 5.73 Å². The summed E-state index contributed by atoms with van der Waals surface area (Å²) in [4.78, 5) is 6.38. The topological polar surface area (TPSA) is 66.0 Å². The smallest absolute Gasteiger partial charge is 0.141 e. The van der Waals surface area contributed by atoms with Crippen LogP contribution in [0, 0.1) is 5.41 Å². The Bertz CT molecular complexity index is 598. The predicted octanol–water partition coefficient (Wildman–Crippen LogP) is 2.76. The lowest BCUT2D eigenvalue weighted by Gasteiger charge is -2.19. The van der Waals surface area contributed by atoms with Gasteiger partial charge in [-0.3, -0.25) is 5.41 Å². The van der Waals surface area contributed by atoms with Gasteiger partial charge in [0.1, 0.15) is 17.3 Å². The lowest BCUT2D eigenvalue weighted by atomic mass is 10.2. The zero-order valence-corrected chi connectivity index (χ0v) is 12.2. The molecule has 0 unspecified atom stereocenters. The normalized spacial score (nSPS) is 10.2. The van der Waals surface area contributed by atoms with Crippen molar-refractivity contribution in [2.75, 3.05) is 11.9 Å². The first-order chi connectivity index (χ1) is 9.06. The number of anilines is 1. The minimum atomic E-state index is -0.0160. The van der Waals surface area contributed by atoms with Crippen LogP contribution in [-0.4, -0.2) is 17.9 Å². The molecule has 1 aromatic carbocycles. The minimum Gasteiger partial charge on any atom is -0.382 e. The van der Waals surface area contributed by atoms with Gasteiger partial charge in [-0.25, -0.2) is 4.98 Å². The maximum Gasteiger partial charge on any atom is 0.141 e. The second kappa shape index (κ2) is 5.84. The number of nitrogens with two attached hydrogens (primary N) is 1. The van der Waals surface area contributed by atoms with E-state index < -0.39 is 0 Å². The maximum absolute atomic E-state index is 7.41. The van der Waals surface area contributed by atoms with Gasteiger partial charge in [0.25, 0.3) is 0 Å². The fourth-order valence-corrected chi connectivity index (χ4v) is 2.22. The average Bonchev–Trinajstić information content (AvgIpc) is 2.39. The van der Waals surface area contributed by atoms with Crippen molar-refractivity contribution in [2.45, 2.75) is 6.54 Å². The highest BCUT2D eigenvalue weighted by atomic mass is 79.9. The summed E-state index contributed by atoms with van der Waals surface area (Å²) in [6.45, 7) is 0.744. The van der Waals surface area contributed by atoms with Crippen molar-refractivity contribution < 1.29 is 0 Å². The van der Waals surface area contributed by atoms with E-state index in [9.17, 15) is 0 Å². The fourth-order valence-electron chi connectivity index (χ4n) is 1.78. The number of nitrogens with one attached hydrogen (secondary N) is 1. The van der Waals surface area contributed by atoms with Crippen molar-refractivity contribution in [3.63, 3.8) is 0 Å². The number of aromatic nitrogens is 1. The average molecular weight is 319 g/mol. The van der Waals surface area contributed by atoms with Gasteiger partial charge < -0.3 is 10.6 Å². The summed E-state index contributed by atoms with van der Waals surface area (Å²) < 4.78 is 1.06. The zero-order valence-electron chi connectivity index (χ0n) is 10.6. The van der Waals surface area contributed by atoms with Crippen LogP contribution in [0.4, 0.5) is 5.82 Å². The van der Waals surface area contributed by atoms with E-state index in [0.717, 1.165) is 16.8 Å². The first-order valence-electron chi connectivity index (χ1n) is 5.83. The molecule has 2 rings (SSSR count). The standard InChI is InChI=1S/C14H15BrN4/c1-19(9-10-4-2-5-11(15)8-10)13-7-3-6-12(18-13)14(16)17/h2-8H,9H2,1H3,(H3,16,17). The highest BCUT2D eigenvalue weighted by molar-refractivity contribution is 9.10. The molecule has 0 saturated heterocycles. The summed E-state index contributed by atoms with van der Waals surface area (Å²) in [5.41, 5.74) is 7.14. The largest absolute Gasteiger partial charge is 0.382 e. The van der Waals surface area contributed by atoms with Crippen molar-refractivity contribution in [1.29, 1.82) is 5.41 Å². The zero-order chi connectivity index (χ0) is 13.8. The van der Waals surface area contributed by atoms with Crippen LogP contribution in [0.1, 0.15) is 11.3 Å². The number of benzene rings is 1. The molecule has 0 amide bonds. The third-order valence-corrected chi connectivity index (χ3v) is 3.20. The number of nitrogens with zero attached hydrogens (tertiary/aromatic N) is 2. The third kappa shape index (κ3) is 3.54. The van der Waals surface area contributed by atoms with Crippen LogP contribution in [0.25, 0.3) is 0 Å². The molecule has 5 heteroatoms. The number of amidine groups is 1. The van der Waals surface area contributed by atoms with Crippen LogP contribution in [0.5, 0.6) is 0 Å². The molecule has 19 heavy (non-hydrogen) atoms. The fraction of sp³-hybridized carbons (Fsp3) is 0.143. The van der Waals surface area contributed by atoms with E-state index in [2.05, 4.69) is 33.0 Å². The number of halogens is 1. The van der Waals surface area contributed by atoms with Crippen LogP contribution < -0.4 is 10.6 Å². The summed E-state index contributed by atoms with van der Waals surface area (Å²) in [6.07, 6.45) is 0. The van der Waals surface area contributed by atoms with E-state index in [-0.39, 0.29) is 5.84 Å². The van der Waals surface area contributed by atoms with Gasteiger partial charge in [-0.15, -0.1) is 0 Å². The van der Waals surface area contributed by atoms with Crippen molar-refractivity contribution >= 4 is 27.6 Å². The molecule has 0 aliphatic heterocycles. The van der Waals surface area contributed by atoms with E-state index in [4.69, 9.17) is 11.1 Å². The van der Waals surface area contributed by atoms with Gasteiger partial charge in [0.05, 0.1) is 0 Å². The van der Waals surface area contributed by atoms with E-state index in [1.165, 1.54) is 5.56 Å². The molecule has 0 atom stereocenters. The van der Waals surface area contributed by atoms with Crippen LogP contribution in [0.3, 0.4) is 0 Å². The molecule has 1 aromatic heterocycles. The second-order valence-electron chi connectivity index (χ2n) is 4.28. The molecule has 4 nitrogen and oxygen atoms in total. The van der Waals surface area contributed by atoms with Crippen molar-refractivity contribution in [3.8, 4) is 0 Å². The van der Waals surface area contributed by atoms with E-state index in [0.29, 0.717) is 5.69 Å². The van der Waals surface area contributed by atoms with Crippen molar-refractivity contribution in [1.82, 2.24) is 4.98 Å². The van der Waals surface area contributed by atoms with E-state index in [1.54, 1.807) is 6.07 Å². The summed E-state index contributed by atoms with van der Waals surface area (Å²) in [5, 5.41) is 7.41. The van der Waals surface area contributed by atoms with Crippen molar-refractivity contribution in [3.05, 3.63) is 58.2 Å². The Kier molecular flexibility index (Phi) is 4.16. The second-order valence-corrected chi connectivity index (χ2v) is 5.20. The Labute approximate surface area is 120 Å². The van der Waals surface area contributed by atoms with Gasteiger partial charge in [0.15, 0.2) is 0 Å². The van der Waals surface area contributed by atoms with Crippen LogP contribution >= 0.6 is 15.9 Å². The first-order valence-corrected chi connectivity index (χ1v) is 6.62. The number of pyridine rings is 1. The van der Waals surface area contributed by atoms with Gasteiger partial charge in [-0.05, 0) is 29.8 Å². The Morgan fingerprint density at radius 1 is 1.32 bits per heavy atom. The van der Waals surface area contributed by atoms with Crippen LogP contribution in [-0.2, 0) is 6.54 Å². The Balaban J connectivity index is 2.18. The summed E-state index contributed by atoms with van der Waals surface area (Å²) in [6, 6.07) is 13.6. The molecule has 0 aliphatic rings. The Hall–Kier alpha value is -1.88. The highest BCUT2D eigenvalue weighted by Gasteiger charge is 2.06. The monoisotopic (exact) mass is 318 g/mol. The molecular formula is C14H15BrN4. The third-order valence-electron chi connectivity index (χ3n) is 2.71. The maximum atomic E-state index is 7.41. The molecule has 0 radical (unpaired) electrons. The molecule has 0 fully saturated rings. The summed E-state index contributed by atoms with van der Waals surface area (Å²) in [5.74, 6) is 0.783. The first kappa shape index (κ1) is 13.5. The molecule has 98 valence electrons. The van der Waals surface area contributed by atoms with Crippen LogP contribution in [0.2, 0.25) is 0 Å². The molecule has 2 aromatic rings. The number of nitrogen functional groups attached to an aromatic ring is 1. The van der Waals surface area contributed by atoms with Crippen LogP contribution in [0.15, 0.2) is 46.9 Å². The molecule has 0 aliphatic carbocycles. The quantitative estimate of drug-likeness (QED) is 0.673. The Morgan fingerprint density at radius 2 is 2.05 bits per heavy atom. The number of hydrogen-bond donors (Lipinski definition) is 2. The highest BCUT2D eigenvalue weighted by Crippen LogP contribution is 2.16. The van der Waals surface area contributed by atoms with E-state index >= 15 is 0 Å². The summed E-state index contributed by atoms with van der Waals surface area (Å²) >= 11 is 3.46. The van der Waals surface area contributed by atoms with Gasteiger partial charge in [-0.2, -0.15) is 0 Å².